The number of nitrogens with zero attached hydrogens (tertiary/aromatic N) is 1. The van der Waals surface area contributed by atoms with Gasteiger partial charge in [-0.05, 0) is 12.0 Å². The standard InChI is InChI=1S/C15H20N2OS/c1-3-14(18-2)15-17-12(10-19-15)9-13(16)11-7-5-4-6-8-11/h4-8,10,13-14H,3,9,16H2,1-2H3. The lowest BCUT2D eigenvalue weighted by atomic mass is 10.0. The van der Waals surface area contributed by atoms with Gasteiger partial charge in [0.1, 0.15) is 11.1 Å². The lowest BCUT2D eigenvalue weighted by Crippen LogP contribution is -2.13. The summed E-state index contributed by atoms with van der Waals surface area (Å²) >= 11 is 1.65. The molecule has 0 aliphatic carbocycles. The molecule has 19 heavy (non-hydrogen) atoms. The minimum Gasteiger partial charge on any atom is -0.374 e. The van der Waals surface area contributed by atoms with E-state index >= 15 is 0 Å². The van der Waals surface area contributed by atoms with Crippen molar-refractivity contribution in [3.05, 3.63) is 52.0 Å². The lowest BCUT2D eigenvalue weighted by Gasteiger charge is -2.11. The third kappa shape index (κ3) is 3.62. The van der Waals surface area contributed by atoms with Crippen LogP contribution in [0.15, 0.2) is 35.7 Å². The Kier molecular flexibility index (Phi) is 5.07. The number of nitrogens with two attached hydrogens (primary N) is 1. The Morgan fingerprint density at radius 2 is 2.05 bits per heavy atom. The fraction of sp³-hybridized carbons (Fsp3) is 0.400. The van der Waals surface area contributed by atoms with Crippen LogP contribution in [0.2, 0.25) is 0 Å². The van der Waals surface area contributed by atoms with Crippen LogP contribution in [0.1, 0.15) is 41.8 Å². The molecule has 0 aliphatic rings. The first-order valence-electron chi connectivity index (χ1n) is 6.52. The molecule has 2 aromatic rings. The van der Waals surface area contributed by atoms with Gasteiger partial charge in [0.15, 0.2) is 0 Å². The second-order valence-corrected chi connectivity index (χ2v) is 5.42. The topological polar surface area (TPSA) is 48.1 Å². The molecule has 102 valence electrons. The van der Waals surface area contributed by atoms with Gasteiger partial charge in [-0.25, -0.2) is 4.98 Å². The number of methoxy groups -OCH3 is 1. The van der Waals surface area contributed by atoms with E-state index < -0.39 is 0 Å². The quantitative estimate of drug-likeness (QED) is 0.878. The van der Waals surface area contributed by atoms with Crippen LogP contribution in [0.25, 0.3) is 0 Å². The van der Waals surface area contributed by atoms with E-state index in [4.69, 9.17) is 10.5 Å². The summed E-state index contributed by atoms with van der Waals surface area (Å²) in [5.74, 6) is 0. The maximum atomic E-state index is 6.21. The van der Waals surface area contributed by atoms with Crippen LogP contribution in [-0.2, 0) is 11.2 Å². The van der Waals surface area contributed by atoms with Crippen LogP contribution in [0.4, 0.5) is 0 Å². The van der Waals surface area contributed by atoms with Gasteiger partial charge in [0.05, 0.1) is 5.69 Å². The van der Waals surface area contributed by atoms with Gasteiger partial charge >= 0.3 is 0 Å². The average molecular weight is 276 g/mol. The molecule has 1 aromatic carbocycles. The van der Waals surface area contributed by atoms with E-state index in [9.17, 15) is 0 Å². The van der Waals surface area contributed by atoms with Crippen LogP contribution in [-0.4, -0.2) is 12.1 Å². The molecule has 0 radical (unpaired) electrons. The summed E-state index contributed by atoms with van der Waals surface area (Å²) in [6, 6.07) is 10.1. The molecule has 0 aliphatic heterocycles. The van der Waals surface area contributed by atoms with Crippen LogP contribution in [0.3, 0.4) is 0 Å². The molecule has 0 bridgehead atoms. The highest BCUT2D eigenvalue weighted by Gasteiger charge is 2.14. The smallest absolute Gasteiger partial charge is 0.122 e. The maximum absolute atomic E-state index is 6.21. The van der Waals surface area contributed by atoms with Gasteiger partial charge < -0.3 is 10.5 Å². The predicted octanol–water partition coefficient (Wildman–Crippen LogP) is 3.48. The Hall–Kier alpha value is -1.23. The number of aromatic nitrogens is 1. The van der Waals surface area contributed by atoms with E-state index in [1.807, 2.05) is 18.2 Å². The number of hydrogen-bond acceptors (Lipinski definition) is 4. The molecule has 0 amide bonds. The first-order chi connectivity index (χ1) is 9.24. The molecule has 1 aromatic heterocycles. The van der Waals surface area contributed by atoms with Crippen LogP contribution < -0.4 is 5.73 Å². The number of thiazole rings is 1. The highest BCUT2D eigenvalue weighted by atomic mass is 32.1. The zero-order chi connectivity index (χ0) is 13.7. The summed E-state index contributed by atoms with van der Waals surface area (Å²) in [7, 11) is 1.73. The van der Waals surface area contributed by atoms with E-state index in [1.165, 1.54) is 0 Å². The summed E-state index contributed by atoms with van der Waals surface area (Å²) in [4.78, 5) is 4.63. The number of rotatable bonds is 6. The van der Waals surface area contributed by atoms with Crippen molar-refractivity contribution >= 4 is 11.3 Å². The second kappa shape index (κ2) is 6.80. The summed E-state index contributed by atoms with van der Waals surface area (Å²) in [6.07, 6.45) is 1.81. The fourth-order valence-corrected chi connectivity index (χ4v) is 3.04. The molecule has 0 saturated carbocycles. The average Bonchev–Trinajstić information content (AvgIpc) is 2.89. The summed E-state index contributed by atoms with van der Waals surface area (Å²) < 4.78 is 5.41. The summed E-state index contributed by atoms with van der Waals surface area (Å²) in [5, 5.41) is 3.13. The van der Waals surface area contributed by atoms with Crippen molar-refractivity contribution < 1.29 is 4.74 Å². The second-order valence-electron chi connectivity index (χ2n) is 4.53. The first-order valence-corrected chi connectivity index (χ1v) is 7.40. The highest BCUT2D eigenvalue weighted by Crippen LogP contribution is 2.25. The fourth-order valence-electron chi connectivity index (χ4n) is 2.05. The largest absolute Gasteiger partial charge is 0.374 e. The number of hydrogen-bond donors (Lipinski definition) is 1. The number of ether oxygens (including phenoxy) is 1. The maximum Gasteiger partial charge on any atom is 0.122 e. The highest BCUT2D eigenvalue weighted by molar-refractivity contribution is 7.09. The van der Waals surface area contributed by atoms with Gasteiger partial charge in [-0.1, -0.05) is 37.3 Å². The Bertz CT molecular complexity index is 494. The van der Waals surface area contributed by atoms with Gasteiger partial charge in [0.25, 0.3) is 0 Å². The molecule has 1 heterocycles. The van der Waals surface area contributed by atoms with E-state index in [0.29, 0.717) is 0 Å². The Labute approximate surface area is 118 Å². The van der Waals surface area contributed by atoms with Gasteiger partial charge in [0.2, 0.25) is 0 Å². The van der Waals surface area contributed by atoms with Gasteiger partial charge in [-0.2, -0.15) is 0 Å². The monoisotopic (exact) mass is 276 g/mol. The SMILES string of the molecule is CCC(OC)c1nc(CC(N)c2ccccc2)cs1. The Morgan fingerprint density at radius 1 is 1.32 bits per heavy atom. The van der Waals surface area contributed by atoms with E-state index in [1.54, 1.807) is 18.4 Å². The van der Waals surface area contributed by atoms with Crippen molar-refractivity contribution in [1.82, 2.24) is 4.98 Å². The summed E-state index contributed by atoms with van der Waals surface area (Å²) in [5.41, 5.74) is 8.41. The minimum absolute atomic E-state index is 0.00114. The van der Waals surface area contributed by atoms with E-state index in [2.05, 4.69) is 29.4 Å². The van der Waals surface area contributed by atoms with Crippen molar-refractivity contribution in [3.63, 3.8) is 0 Å². The van der Waals surface area contributed by atoms with Crippen molar-refractivity contribution in [3.8, 4) is 0 Å². The van der Waals surface area contributed by atoms with Crippen molar-refractivity contribution in [2.75, 3.05) is 7.11 Å². The zero-order valence-corrected chi connectivity index (χ0v) is 12.2. The van der Waals surface area contributed by atoms with Crippen LogP contribution in [0, 0.1) is 0 Å². The van der Waals surface area contributed by atoms with Gasteiger partial charge in [-0.3, -0.25) is 0 Å². The zero-order valence-electron chi connectivity index (χ0n) is 11.4. The third-order valence-corrected chi connectivity index (χ3v) is 4.14. The van der Waals surface area contributed by atoms with E-state index in [0.717, 1.165) is 29.1 Å². The van der Waals surface area contributed by atoms with Gasteiger partial charge in [-0.15, -0.1) is 11.3 Å². The molecule has 2 rings (SSSR count). The summed E-state index contributed by atoms with van der Waals surface area (Å²) in [6.45, 7) is 2.10. The van der Waals surface area contributed by atoms with E-state index in [-0.39, 0.29) is 12.1 Å². The molecular formula is C15H20N2OS. The third-order valence-electron chi connectivity index (χ3n) is 3.16. The molecule has 4 heteroatoms. The van der Waals surface area contributed by atoms with Crippen molar-refractivity contribution in [1.29, 1.82) is 0 Å². The Balaban J connectivity index is 2.04. The van der Waals surface area contributed by atoms with Crippen LogP contribution in [0.5, 0.6) is 0 Å². The predicted molar refractivity (Wildman–Crippen MR) is 79.2 cm³/mol. The minimum atomic E-state index is -0.00114. The van der Waals surface area contributed by atoms with Crippen molar-refractivity contribution in [2.24, 2.45) is 5.73 Å². The molecule has 0 fully saturated rings. The van der Waals surface area contributed by atoms with Gasteiger partial charge in [0, 0.05) is 25.0 Å². The molecule has 2 unspecified atom stereocenters. The van der Waals surface area contributed by atoms with Crippen molar-refractivity contribution in [2.45, 2.75) is 31.9 Å². The Morgan fingerprint density at radius 3 is 2.68 bits per heavy atom. The normalized spacial score (nSPS) is 14.3. The molecule has 0 spiro atoms. The molecule has 3 nitrogen and oxygen atoms in total. The number of benzene rings is 1. The molecular weight excluding hydrogens is 256 g/mol. The van der Waals surface area contributed by atoms with Crippen LogP contribution >= 0.6 is 11.3 Å². The molecule has 0 saturated heterocycles. The molecule has 2 atom stereocenters. The first kappa shape index (κ1) is 14.2. The molecule has 2 N–H and O–H groups in total. The lowest BCUT2D eigenvalue weighted by molar-refractivity contribution is 0.0996.